The monoisotopic (exact) mass is 438 g/mol. The van der Waals surface area contributed by atoms with Gasteiger partial charge in [-0.25, -0.2) is 9.97 Å². The van der Waals surface area contributed by atoms with E-state index in [1.807, 2.05) is 22.9 Å². The first-order valence-corrected chi connectivity index (χ1v) is 10.5. The molecule has 5 heterocycles. The van der Waals surface area contributed by atoms with E-state index >= 15 is 0 Å². The molecule has 8 nitrogen and oxygen atoms in total. The molecule has 1 N–H and O–H groups in total. The molecule has 1 saturated heterocycles. The molecule has 0 saturated carbocycles. The van der Waals surface area contributed by atoms with Gasteiger partial charge in [0.25, 0.3) is 0 Å². The molecule has 1 amide bonds. The third kappa shape index (κ3) is 2.85. The van der Waals surface area contributed by atoms with Crippen LogP contribution in [0.5, 0.6) is 0 Å². The number of carboxylic acids is 1. The fourth-order valence-corrected chi connectivity index (χ4v) is 6.08. The maximum atomic E-state index is 12.5. The molecule has 1 fully saturated rings. The zero-order valence-electron chi connectivity index (χ0n) is 15.9. The summed E-state index contributed by atoms with van der Waals surface area (Å²) >= 11 is 2.89. The molecule has 29 heavy (non-hydrogen) atoms. The Bertz CT molecular complexity index is 1150. The Labute approximate surface area is 195 Å². The molecule has 11 heteroatoms. The molecule has 2 aliphatic rings. The number of aromatic nitrogens is 3. The van der Waals surface area contributed by atoms with Gasteiger partial charge in [-0.2, -0.15) is 0 Å². The second-order valence-corrected chi connectivity index (χ2v) is 8.83. The number of amides is 1. The number of carbonyl (C=O) groups is 2. The first-order chi connectivity index (χ1) is 13.4. The Morgan fingerprint density at radius 1 is 1.38 bits per heavy atom. The summed E-state index contributed by atoms with van der Waals surface area (Å²) in [7, 11) is 0. The van der Waals surface area contributed by atoms with Crippen LogP contribution in [0.2, 0.25) is 0 Å². The van der Waals surface area contributed by atoms with Gasteiger partial charge in [0.15, 0.2) is 0 Å². The molecule has 0 bridgehead atoms. The van der Waals surface area contributed by atoms with E-state index in [0.717, 1.165) is 21.1 Å². The molecule has 1 unspecified atom stereocenters. The van der Waals surface area contributed by atoms with Crippen molar-refractivity contribution in [3.8, 4) is 11.4 Å². The van der Waals surface area contributed by atoms with Crippen LogP contribution in [0, 0.1) is 11.8 Å². The van der Waals surface area contributed by atoms with Gasteiger partial charge >= 0.3 is 29.6 Å². The van der Waals surface area contributed by atoms with Gasteiger partial charge in [0, 0.05) is 23.1 Å². The van der Waals surface area contributed by atoms with Crippen LogP contribution in [-0.4, -0.2) is 48.4 Å². The number of imidazole rings is 1. The van der Waals surface area contributed by atoms with Crippen molar-refractivity contribution in [1.82, 2.24) is 19.3 Å². The van der Waals surface area contributed by atoms with Gasteiger partial charge in [0.2, 0.25) is 5.91 Å². The summed E-state index contributed by atoms with van der Waals surface area (Å²) in [6.07, 6.45) is 2.66. The van der Waals surface area contributed by atoms with Crippen LogP contribution in [0.4, 0.5) is 0 Å². The van der Waals surface area contributed by atoms with E-state index < -0.39 is 18.0 Å². The van der Waals surface area contributed by atoms with Gasteiger partial charge in [-0.1, -0.05) is 6.92 Å². The molecule has 4 atom stereocenters. The minimum absolute atomic E-state index is 0. The van der Waals surface area contributed by atoms with E-state index in [-0.39, 0.29) is 53.1 Å². The van der Waals surface area contributed by atoms with Crippen molar-refractivity contribution in [2.75, 3.05) is 0 Å². The molecule has 2 aliphatic heterocycles. The second-order valence-electron chi connectivity index (χ2n) is 7.08. The Hall–Kier alpha value is -1.56. The number of nitrogens with zero attached hydrogens (tertiary/aromatic N) is 4. The zero-order chi connectivity index (χ0) is 19.7. The summed E-state index contributed by atoms with van der Waals surface area (Å²) in [5.74, 6) is -2.57. The standard InChI is InChI=1S/C18H16N4O4S2.Na/c1-7-11(15(18(25)26)22-14(7)12(8(2)23)16(22)24)10-3-21-5-19-13(17(21)28-10)9-4-27-6-20-9;/h3-8,12,14,23H,1-2H3,(H,25,26);/q;+1/p-1/t7?,8-,12-,14+;/m1./s1. The molecular formula is C18H15N4NaO4S2. The van der Waals surface area contributed by atoms with E-state index in [9.17, 15) is 19.8 Å². The minimum Gasteiger partial charge on any atom is -0.543 e. The number of fused-ring (bicyclic) bond motifs is 2. The fraction of sp³-hybridized carbons (Fsp3) is 0.333. The van der Waals surface area contributed by atoms with Gasteiger partial charge in [-0.3, -0.25) is 9.20 Å². The largest absolute Gasteiger partial charge is 1.00 e. The van der Waals surface area contributed by atoms with Crippen LogP contribution in [0.25, 0.3) is 21.8 Å². The van der Waals surface area contributed by atoms with Gasteiger partial charge < -0.3 is 19.9 Å². The summed E-state index contributed by atoms with van der Waals surface area (Å²) in [4.78, 5) is 36.0. The molecule has 0 radical (unpaired) electrons. The topological polar surface area (TPSA) is 111 Å². The predicted molar refractivity (Wildman–Crippen MR) is 101 cm³/mol. The van der Waals surface area contributed by atoms with Gasteiger partial charge in [-0.05, 0) is 6.92 Å². The maximum Gasteiger partial charge on any atom is 1.00 e. The number of carbonyl (C=O) groups excluding carboxylic acids is 2. The number of hydrogen-bond acceptors (Lipinski definition) is 8. The van der Waals surface area contributed by atoms with E-state index in [0.29, 0.717) is 5.57 Å². The van der Waals surface area contributed by atoms with E-state index in [2.05, 4.69) is 9.97 Å². The predicted octanol–water partition coefficient (Wildman–Crippen LogP) is -2.16. The van der Waals surface area contributed by atoms with Crippen LogP contribution >= 0.6 is 22.7 Å². The summed E-state index contributed by atoms with van der Waals surface area (Å²) in [6.45, 7) is 3.45. The quantitative estimate of drug-likeness (QED) is 0.367. The smallest absolute Gasteiger partial charge is 0.543 e. The Morgan fingerprint density at radius 2 is 2.14 bits per heavy atom. The number of hydrogen-bond donors (Lipinski definition) is 1. The van der Waals surface area contributed by atoms with E-state index in [1.165, 1.54) is 27.6 Å². The SMILES string of the molecule is CC1C(c2cn3cnc(-c4cscn4)c3s2)=C(C(=O)[O-])N2C(=O)[C@H]([C@@H](C)O)[C@H]12.[Na+]. The normalized spacial score (nSPS) is 24.4. The summed E-state index contributed by atoms with van der Waals surface area (Å²) in [6, 6.07) is -0.368. The summed E-state index contributed by atoms with van der Waals surface area (Å²) in [5, 5.41) is 23.8. The van der Waals surface area contributed by atoms with Crippen molar-refractivity contribution in [2.24, 2.45) is 11.8 Å². The average molecular weight is 438 g/mol. The van der Waals surface area contributed by atoms with Crippen LogP contribution in [0.3, 0.4) is 0 Å². The molecule has 0 aliphatic carbocycles. The Morgan fingerprint density at radius 3 is 2.76 bits per heavy atom. The minimum atomic E-state index is -1.38. The van der Waals surface area contributed by atoms with Gasteiger partial charge in [0.1, 0.15) is 22.5 Å². The first-order valence-electron chi connectivity index (χ1n) is 8.72. The first kappa shape index (κ1) is 20.7. The van der Waals surface area contributed by atoms with E-state index in [1.54, 1.807) is 18.8 Å². The number of β-lactam (4-membered cyclic amide) rings is 1. The number of thiazole rings is 2. The van der Waals surface area contributed by atoms with Crippen molar-refractivity contribution in [1.29, 1.82) is 0 Å². The van der Waals surface area contributed by atoms with E-state index in [4.69, 9.17) is 0 Å². The van der Waals surface area contributed by atoms with Crippen molar-refractivity contribution < 1.29 is 49.4 Å². The fourth-order valence-electron chi connectivity index (χ4n) is 4.31. The van der Waals surface area contributed by atoms with Gasteiger partial charge in [0.05, 0.1) is 40.1 Å². The zero-order valence-corrected chi connectivity index (χ0v) is 19.5. The number of carboxylic acid groups (broad SMARTS) is 1. The molecule has 0 aromatic carbocycles. The average Bonchev–Trinajstić information content (AvgIpc) is 3.36. The van der Waals surface area contributed by atoms with Crippen LogP contribution in [0.15, 0.2) is 29.1 Å². The summed E-state index contributed by atoms with van der Waals surface area (Å²) in [5.41, 5.74) is 3.71. The van der Waals surface area contributed by atoms with Gasteiger partial charge in [-0.15, -0.1) is 22.7 Å². The molecule has 5 rings (SSSR count). The van der Waals surface area contributed by atoms with Crippen LogP contribution in [-0.2, 0) is 9.59 Å². The molecular weight excluding hydrogens is 423 g/mol. The second kappa shape index (κ2) is 7.29. The van der Waals surface area contributed by atoms with Crippen molar-refractivity contribution in [2.45, 2.75) is 26.0 Å². The molecule has 3 aromatic rings. The van der Waals surface area contributed by atoms with Crippen LogP contribution < -0.4 is 34.7 Å². The Kier molecular flexibility index (Phi) is 5.21. The number of aliphatic carboxylic acids is 1. The number of aliphatic hydroxyl groups is 1. The van der Waals surface area contributed by atoms with Crippen molar-refractivity contribution in [3.63, 3.8) is 0 Å². The molecule has 0 spiro atoms. The third-order valence-electron chi connectivity index (χ3n) is 5.52. The number of rotatable bonds is 4. The van der Waals surface area contributed by atoms with Crippen LogP contribution in [0.1, 0.15) is 18.7 Å². The molecule has 144 valence electrons. The van der Waals surface area contributed by atoms with Crippen molar-refractivity contribution in [3.05, 3.63) is 34.0 Å². The Balaban J connectivity index is 0.00000205. The third-order valence-corrected chi connectivity index (χ3v) is 7.25. The summed E-state index contributed by atoms with van der Waals surface area (Å²) < 4.78 is 1.84. The molecule has 3 aromatic heterocycles. The van der Waals surface area contributed by atoms with Crippen molar-refractivity contribution >= 4 is 45.0 Å². The maximum absolute atomic E-state index is 12.5. The number of aliphatic hydroxyl groups excluding tert-OH is 1.